The maximum absolute atomic E-state index is 14.3. The molecule has 226 valence electrons. The molecule has 2 heterocycles. The molecule has 1 N–H and O–H groups in total. The van der Waals surface area contributed by atoms with Gasteiger partial charge in [0.05, 0.1) is 24.8 Å². The number of carbonyl (C=O) groups is 5. The second-order valence-electron chi connectivity index (χ2n) is 11.3. The maximum Gasteiger partial charge on any atom is 0.407 e. The van der Waals surface area contributed by atoms with Gasteiger partial charge < -0.3 is 34.2 Å². The third-order valence-corrected chi connectivity index (χ3v) is 7.04. The molecule has 3 rings (SSSR count). The normalized spacial score (nSPS) is 23.0. The van der Waals surface area contributed by atoms with Gasteiger partial charge in [-0.3, -0.25) is 14.4 Å². The summed E-state index contributed by atoms with van der Waals surface area (Å²) >= 11 is 0. The van der Waals surface area contributed by atoms with E-state index in [1.54, 1.807) is 32.7 Å². The number of methoxy groups -OCH3 is 1. The molecule has 0 aliphatic carbocycles. The molecule has 41 heavy (non-hydrogen) atoms. The highest BCUT2D eigenvalue weighted by Gasteiger charge is 2.38. The first-order valence-electron chi connectivity index (χ1n) is 13.5. The number of hydrogen-bond donors (Lipinski definition) is 1. The zero-order valence-electron chi connectivity index (χ0n) is 24.4. The first-order chi connectivity index (χ1) is 19.2. The molecule has 3 atom stereocenters. The van der Waals surface area contributed by atoms with Gasteiger partial charge in [0.1, 0.15) is 29.8 Å². The Labute approximate surface area is 239 Å². The molecule has 0 bridgehead atoms. The number of carbonyl (C=O) groups excluding carboxylic acids is 5. The zero-order valence-corrected chi connectivity index (χ0v) is 24.4. The summed E-state index contributed by atoms with van der Waals surface area (Å²) < 4.78 is 30.5. The van der Waals surface area contributed by atoms with Crippen molar-refractivity contribution in [3.05, 3.63) is 29.6 Å². The van der Waals surface area contributed by atoms with E-state index >= 15 is 0 Å². The van der Waals surface area contributed by atoms with E-state index < -0.39 is 47.5 Å². The van der Waals surface area contributed by atoms with Crippen LogP contribution in [0.2, 0.25) is 0 Å². The molecule has 0 saturated carbocycles. The monoisotopic (exact) mass is 578 g/mol. The van der Waals surface area contributed by atoms with Crippen LogP contribution in [-0.2, 0) is 23.9 Å². The van der Waals surface area contributed by atoms with Crippen molar-refractivity contribution in [2.45, 2.75) is 70.2 Å². The Morgan fingerprint density at radius 1 is 1.10 bits per heavy atom. The summed E-state index contributed by atoms with van der Waals surface area (Å²) in [5, 5.41) is 2.79. The standard InChI is InChI=1S/C28H39FN4O8/c1-28(2,3)41-27(38)30-18-14-19-16-40-22-9-7-17(29)13-20(22)25(36)32(5)21(26(37)39-6)8-10-23(34)31(4)12-11-24(35)33(19)15-18/h7,9,13,18-19,21H,8,10-12,14-16H2,1-6H3,(H,30,38)/t18-,19+,21+/m1/s1. The Kier molecular flexibility index (Phi) is 10.2. The zero-order chi connectivity index (χ0) is 30.5. The third kappa shape index (κ3) is 8.30. The minimum Gasteiger partial charge on any atom is -0.491 e. The highest BCUT2D eigenvalue weighted by molar-refractivity contribution is 5.99. The fraction of sp³-hybridized carbons (Fsp3) is 0.607. The van der Waals surface area contributed by atoms with E-state index in [0.717, 1.165) is 17.0 Å². The topological polar surface area (TPSA) is 135 Å². The van der Waals surface area contributed by atoms with Crippen LogP contribution in [0.15, 0.2) is 18.2 Å². The maximum atomic E-state index is 14.3. The molecule has 13 heteroatoms. The smallest absolute Gasteiger partial charge is 0.407 e. The van der Waals surface area contributed by atoms with Crippen LogP contribution in [-0.4, -0.2) is 109 Å². The second-order valence-corrected chi connectivity index (χ2v) is 11.3. The minimum atomic E-state index is -1.11. The summed E-state index contributed by atoms with van der Waals surface area (Å²) in [4.78, 5) is 68.6. The van der Waals surface area contributed by atoms with Crippen molar-refractivity contribution < 1.29 is 42.6 Å². The van der Waals surface area contributed by atoms with E-state index in [4.69, 9.17) is 14.2 Å². The third-order valence-electron chi connectivity index (χ3n) is 7.04. The van der Waals surface area contributed by atoms with Gasteiger partial charge in [-0.2, -0.15) is 0 Å². The second kappa shape index (κ2) is 13.2. The molecule has 2 aliphatic heterocycles. The van der Waals surface area contributed by atoms with E-state index in [1.807, 2.05) is 0 Å². The quantitative estimate of drug-likeness (QED) is 0.527. The summed E-state index contributed by atoms with van der Waals surface area (Å²) in [5.74, 6) is -2.62. The highest BCUT2D eigenvalue weighted by atomic mass is 19.1. The molecular formula is C28H39FN4O8. The van der Waals surface area contributed by atoms with Crippen molar-refractivity contribution in [1.29, 1.82) is 0 Å². The first-order valence-corrected chi connectivity index (χ1v) is 13.5. The van der Waals surface area contributed by atoms with Crippen molar-refractivity contribution in [3.8, 4) is 5.75 Å². The predicted octanol–water partition coefficient (Wildman–Crippen LogP) is 1.95. The molecular weight excluding hydrogens is 539 g/mol. The van der Waals surface area contributed by atoms with Gasteiger partial charge in [-0.25, -0.2) is 14.0 Å². The van der Waals surface area contributed by atoms with E-state index in [9.17, 15) is 28.4 Å². The molecule has 0 aromatic heterocycles. The number of amides is 4. The number of ether oxygens (including phenoxy) is 3. The van der Waals surface area contributed by atoms with Gasteiger partial charge in [0.2, 0.25) is 11.8 Å². The number of alkyl carbamates (subject to hydrolysis) is 1. The van der Waals surface area contributed by atoms with E-state index in [0.29, 0.717) is 6.42 Å². The summed E-state index contributed by atoms with van der Waals surface area (Å²) in [6.07, 6.45) is -0.380. The lowest BCUT2D eigenvalue weighted by molar-refractivity contribution is -0.146. The number of hydrogen-bond acceptors (Lipinski definition) is 8. The van der Waals surface area contributed by atoms with Crippen molar-refractivity contribution >= 4 is 29.8 Å². The number of benzene rings is 1. The van der Waals surface area contributed by atoms with E-state index in [-0.39, 0.29) is 62.1 Å². The molecule has 1 saturated heterocycles. The number of fused-ring (bicyclic) bond motifs is 2. The Balaban J connectivity index is 1.92. The van der Waals surface area contributed by atoms with Crippen LogP contribution in [0.25, 0.3) is 0 Å². The fourth-order valence-corrected chi connectivity index (χ4v) is 4.86. The molecule has 1 aromatic rings. The van der Waals surface area contributed by atoms with Crippen molar-refractivity contribution in [3.63, 3.8) is 0 Å². The highest BCUT2D eigenvalue weighted by Crippen LogP contribution is 2.26. The molecule has 1 aromatic carbocycles. The summed E-state index contributed by atoms with van der Waals surface area (Å²) in [6.45, 7) is 5.51. The predicted molar refractivity (Wildman–Crippen MR) is 145 cm³/mol. The van der Waals surface area contributed by atoms with Gasteiger partial charge in [0, 0.05) is 40.0 Å². The van der Waals surface area contributed by atoms with E-state index in [2.05, 4.69) is 5.32 Å². The lowest BCUT2D eigenvalue weighted by Crippen LogP contribution is -2.45. The molecule has 0 radical (unpaired) electrons. The Bertz CT molecular complexity index is 1170. The van der Waals surface area contributed by atoms with Crippen LogP contribution in [0.1, 0.15) is 56.8 Å². The number of esters is 1. The summed E-state index contributed by atoms with van der Waals surface area (Å²) in [7, 11) is 4.10. The molecule has 0 spiro atoms. The number of nitrogens with one attached hydrogen (secondary N) is 1. The van der Waals surface area contributed by atoms with E-state index in [1.165, 1.54) is 25.1 Å². The Morgan fingerprint density at radius 3 is 2.46 bits per heavy atom. The average Bonchev–Trinajstić information content (AvgIpc) is 3.30. The number of rotatable bonds is 2. The number of nitrogens with zero attached hydrogens (tertiary/aromatic N) is 3. The summed E-state index contributed by atoms with van der Waals surface area (Å²) in [6, 6.07) is 1.43. The van der Waals surface area contributed by atoms with Crippen LogP contribution in [0.4, 0.5) is 9.18 Å². The van der Waals surface area contributed by atoms with Gasteiger partial charge in [-0.15, -0.1) is 0 Å². The van der Waals surface area contributed by atoms with Crippen LogP contribution >= 0.6 is 0 Å². The fourth-order valence-electron chi connectivity index (χ4n) is 4.86. The molecule has 0 unspecified atom stereocenters. The van der Waals surface area contributed by atoms with Crippen LogP contribution in [0, 0.1) is 5.82 Å². The van der Waals surface area contributed by atoms with Crippen molar-refractivity contribution in [2.75, 3.05) is 40.9 Å². The lowest BCUT2D eigenvalue weighted by atomic mass is 10.1. The molecule has 2 aliphatic rings. The molecule has 12 nitrogen and oxygen atoms in total. The number of likely N-dealkylation sites (N-methyl/N-ethyl adjacent to an activating group) is 1. The lowest BCUT2D eigenvalue weighted by Gasteiger charge is -2.29. The van der Waals surface area contributed by atoms with Gasteiger partial charge in [-0.05, 0) is 51.8 Å². The van der Waals surface area contributed by atoms with Crippen molar-refractivity contribution in [2.24, 2.45) is 0 Å². The van der Waals surface area contributed by atoms with Gasteiger partial charge in [-0.1, -0.05) is 0 Å². The number of halogens is 1. The Hall–Kier alpha value is -3.90. The first kappa shape index (κ1) is 31.6. The average molecular weight is 579 g/mol. The Morgan fingerprint density at radius 2 is 1.80 bits per heavy atom. The molecule has 4 amide bonds. The van der Waals surface area contributed by atoms with Crippen LogP contribution < -0.4 is 10.1 Å². The SMILES string of the molecule is COC(=O)[C@@H]1CCC(=O)N(C)CCC(=O)N2C[C@H](NC(=O)OC(C)(C)C)C[C@H]2COc2ccc(F)cc2C(=O)N1C. The van der Waals surface area contributed by atoms with Gasteiger partial charge in [0.25, 0.3) is 5.91 Å². The largest absolute Gasteiger partial charge is 0.491 e. The van der Waals surface area contributed by atoms with Crippen molar-refractivity contribution in [1.82, 2.24) is 20.0 Å². The molecule has 1 fully saturated rings. The van der Waals surface area contributed by atoms with Gasteiger partial charge in [0.15, 0.2) is 0 Å². The summed E-state index contributed by atoms with van der Waals surface area (Å²) in [5.41, 5.74) is -0.830. The van der Waals surface area contributed by atoms with Gasteiger partial charge >= 0.3 is 12.1 Å². The van der Waals surface area contributed by atoms with Crippen LogP contribution in [0.5, 0.6) is 5.75 Å². The minimum absolute atomic E-state index is 0.0263. The van der Waals surface area contributed by atoms with Crippen LogP contribution in [0.3, 0.4) is 0 Å².